The van der Waals surface area contributed by atoms with Gasteiger partial charge in [0, 0.05) is 0 Å². The molecule has 1 rings (SSSR count). The minimum absolute atomic E-state index is 0.870. The summed E-state index contributed by atoms with van der Waals surface area (Å²) in [6.07, 6.45) is 0. The van der Waals surface area contributed by atoms with E-state index in [4.69, 9.17) is 0 Å². The van der Waals surface area contributed by atoms with E-state index in [1.54, 1.807) is 0 Å². The molecule has 1 aromatic rings. The molecule has 0 saturated carbocycles. The maximum atomic E-state index is 4.01. The average Bonchev–Trinajstić information content (AvgIpc) is 1.87. The van der Waals surface area contributed by atoms with Crippen LogP contribution in [0.15, 0.2) is 0 Å². The molecule has 1 heterocycles. The number of nitrogens with zero attached hydrogens (tertiary/aromatic N) is 2. The number of rotatable bonds is 0. The topological polar surface area (TPSA) is 25.8 Å². The summed E-state index contributed by atoms with van der Waals surface area (Å²) in [5.41, 5.74) is 0. The molecule has 0 N–H and O–H groups in total. The Morgan fingerprint density at radius 2 is 2.43 bits per heavy atom. The van der Waals surface area contributed by atoms with Crippen LogP contribution in [-0.2, 0) is 0 Å². The quantitative estimate of drug-likeness (QED) is 0.625. The highest BCUT2D eigenvalue weighted by Crippen LogP contribution is 2.05. The van der Waals surface area contributed by atoms with E-state index in [0.29, 0.717) is 0 Å². The van der Waals surface area contributed by atoms with Gasteiger partial charge in [0.15, 0.2) is 3.01 Å². The fourth-order valence-electron chi connectivity index (χ4n) is 0.272. The number of halogens is 1. The van der Waals surface area contributed by atoms with Gasteiger partial charge in [0.05, 0.1) is 0 Å². The fourth-order valence-corrected chi connectivity index (χ4v) is 1.34. The van der Waals surface area contributed by atoms with Crippen molar-refractivity contribution in [3.63, 3.8) is 0 Å². The monoisotopic (exact) mass is 226 g/mol. The second kappa shape index (κ2) is 2.04. The Balaban J connectivity index is 3.04. The minimum atomic E-state index is 0.870. The van der Waals surface area contributed by atoms with Gasteiger partial charge < -0.3 is 0 Å². The molecule has 0 saturated heterocycles. The standard InChI is InChI=1S/C3H3IN2S/c1-2-5-3(4)7-6-2/h1H3. The van der Waals surface area contributed by atoms with Gasteiger partial charge in [0.25, 0.3) is 0 Å². The Bertz CT molecular complexity index is 145. The lowest BCUT2D eigenvalue weighted by molar-refractivity contribution is 1.15. The highest BCUT2D eigenvalue weighted by molar-refractivity contribution is 14.1. The van der Waals surface area contributed by atoms with Crippen molar-refractivity contribution in [2.75, 3.05) is 0 Å². The molecule has 0 unspecified atom stereocenters. The summed E-state index contributed by atoms with van der Waals surface area (Å²) < 4.78 is 4.95. The Hall–Kier alpha value is 0.290. The highest BCUT2D eigenvalue weighted by Gasteiger charge is 1.89. The van der Waals surface area contributed by atoms with Gasteiger partial charge in [-0.3, -0.25) is 0 Å². The summed E-state index contributed by atoms with van der Waals surface area (Å²) in [4.78, 5) is 4.01. The van der Waals surface area contributed by atoms with Crippen LogP contribution < -0.4 is 0 Å². The first kappa shape index (κ1) is 5.43. The molecule has 0 amide bonds. The smallest absolute Gasteiger partial charge is 0.173 e. The van der Waals surface area contributed by atoms with Crippen molar-refractivity contribution in [3.05, 3.63) is 8.84 Å². The van der Waals surface area contributed by atoms with E-state index in [-0.39, 0.29) is 0 Å². The molecular weight excluding hydrogens is 223 g/mol. The van der Waals surface area contributed by atoms with Crippen LogP contribution in [0.1, 0.15) is 5.82 Å². The van der Waals surface area contributed by atoms with Crippen molar-refractivity contribution < 1.29 is 0 Å². The number of hydrogen-bond donors (Lipinski definition) is 0. The first-order valence-corrected chi connectivity index (χ1v) is 3.60. The maximum Gasteiger partial charge on any atom is 0.173 e. The van der Waals surface area contributed by atoms with Gasteiger partial charge in [-0.1, -0.05) is 0 Å². The van der Waals surface area contributed by atoms with Crippen molar-refractivity contribution in [2.45, 2.75) is 6.92 Å². The van der Waals surface area contributed by atoms with Crippen LogP contribution in [0.5, 0.6) is 0 Å². The van der Waals surface area contributed by atoms with Gasteiger partial charge in [-0.05, 0) is 41.0 Å². The zero-order chi connectivity index (χ0) is 5.28. The van der Waals surface area contributed by atoms with Crippen molar-refractivity contribution in [1.29, 1.82) is 0 Å². The molecule has 0 fully saturated rings. The van der Waals surface area contributed by atoms with E-state index in [1.165, 1.54) is 11.5 Å². The van der Waals surface area contributed by atoms with Gasteiger partial charge in [-0.25, -0.2) is 4.98 Å². The zero-order valence-electron chi connectivity index (χ0n) is 3.68. The molecule has 0 bridgehead atoms. The first-order chi connectivity index (χ1) is 3.29. The third-order valence-electron chi connectivity index (χ3n) is 0.503. The Morgan fingerprint density at radius 3 is 2.57 bits per heavy atom. The Morgan fingerprint density at radius 1 is 1.71 bits per heavy atom. The maximum absolute atomic E-state index is 4.01. The predicted octanol–water partition coefficient (Wildman–Crippen LogP) is 1.45. The molecule has 0 aliphatic carbocycles. The summed E-state index contributed by atoms with van der Waals surface area (Å²) in [7, 11) is 0. The molecule has 2 nitrogen and oxygen atoms in total. The summed E-state index contributed by atoms with van der Waals surface area (Å²) in [6, 6.07) is 0. The van der Waals surface area contributed by atoms with E-state index in [9.17, 15) is 0 Å². The van der Waals surface area contributed by atoms with Crippen molar-refractivity contribution >= 4 is 34.1 Å². The minimum Gasteiger partial charge on any atom is -0.214 e. The van der Waals surface area contributed by atoms with E-state index >= 15 is 0 Å². The van der Waals surface area contributed by atoms with Crippen LogP contribution in [0, 0.1) is 9.94 Å². The molecule has 38 valence electrons. The van der Waals surface area contributed by atoms with Crippen LogP contribution in [0.25, 0.3) is 0 Å². The molecule has 7 heavy (non-hydrogen) atoms. The van der Waals surface area contributed by atoms with Crippen molar-refractivity contribution in [2.24, 2.45) is 0 Å². The van der Waals surface area contributed by atoms with Crippen LogP contribution in [0.3, 0.4) is 0 Å². The van der Waals surface area contributed by atoms with E-state index in [2.05, 4.69) is 31.9 Å². The second-order valence-electron chi connectivity index (χ2n) is 1.09. The summed E-state index contributed by atoms with van der Waals surface area (Å²) >= 11 is 3.58. The molecule has 1 aromatic heterocycles. The number of aromatic nitrogens is 2. The van der Waals surface area contributed by atoms with Gasteiger partial charge >= 0.3 is 0 Å². The van der Waals surface area contributed by atoms with Gasteiger partial charge in [0.1, 0.15) is 5.82 Å². The summed E-state index contributed by atoms with van der Waals surface area (Å²) in [6.45, 7) is 1.89. The van der Waals surface area contributed by atoms with Crippen molar-refractivity contribution in [3.8, 4) is 0 Å². The van der Waals surface area contributed by atoms with E-state index in [1.807, 2.05) is 6.92 Å². The normalized spacial score (nSPS) is 9.43. The molecule has 0 aromatic carbocycles. The van der Waals surface area contributed by atoms with Crippen LogP contribution >= 0.6 is 34.1 Å². The predicted molar refractivity (Wildman–Crippen MR) is 37.4 cm³/mol. The molecule has 0 aliphatic rings. The summed E-state index contributed by atoms with van der Waals surface area (Å²) in [5.74, 6) is 0.870. The molecular formula is C3H3IN2S. The van der Waals surface area contributed by atoms with E-state index in [0.717, 1.165) is 8.84 Å². The second-order valence-corrected chi connectivity index (χ2v) is 3.60. The average molecular weight is 226 g/mol. The highest BCUT2D eigenvalue weighted by atomic mass is 127. The molecule has 0 radical (unpaired) electrons. The number of hydrogen-bond acceptors (Lipinski definition) is 3. The summed E-state index contributed by atoms with van der Waals surface area (Å²) in [5, 5.41) is 0. The third kappa shape index (κ3) is 1.34. The molecule has 4 heteroatoms. The van der Waals surface area contributed by atoms with E-state index < -0.39 is 0 Å². The largest absolute Gasteiger partial charge is 0.214 e. The SMILES string of the molecule is Cc1nsc(I)n1. The molecule has 0 aliphatic heterocycles. The van der Waals surface area contributed by atoms with Gasteiger partial charge in [-0.15, -0.1) is 0 Å². The van der Waals surface area contributed by atoms with Gasteiger partial charge in [-0.2, -0.15) is 4.37 Å². The zero-order valence-corrected chi connectivity index (χ0v) is 6.65. The lowest BCUT2D eigenvalue weighted by atomic mass is 10.8. The Labute approximate surface area is 59.3 Å². The van der Waals surface area contributed by atoms with Gasteiger partial charge in [0.2, 0.25) is 0 Å². The van der Waals surface area contributed by atoms with Crippen LogP contribution in [-0.4, -0.2) is 9.36 Å². The lowest BCUT2D eigenvalue weighted by Gasteiger charge is -1.66. The third-order valence-corrected chi connectivity index (χ3v) is 1.93. The molecule has 0 atom stereocenters. The first-order valence-electron chi connectivity index (χ1n) is 1.75. The van der Waals surface area contributed by atoms with Crippen molar-refractivity contribution in [1.82, 2.24) is 9.36 Å². The fraction of sp³-hybridized carbons (Fsp3) is 0.333. The Kier molecular flexibility index (Phi) is 1.58. The molecule has 0 spiro atoms. The lowest BCUT2D eigenvalue weighted by Crippen LogP contribution is -1.69. The van der Waals surface area contributed by atoms with Crippen LogP contribution in [0.4, 0.5) is 0 Å². The number of aryl methyl sites for hydroxylation is 1. The van der Waals surface area contributed by atoms with Crippen LogP contribution in [0.2, 0.25) is 0 Å².